The molecule has 1 aromatic carbocycles. The number of rotatable bonds is 6. The monoisotopic (exact) mass is 373 g/mol. The first-order valence-electron chi connectivity index (χ1n) is 10.5. The second-order valence-corrected chi connectivity index (χ2v) is 8.68. The van der Waals surface area contributed by atoms with E-state index in [1.54, 1.807) is 0 Å². The van der Waals surface area contributed by atoms with Crippen LogP contribution >= 0.6 is 0 Å². The minimum absolute atomic E-state index is 0.108. The fourth-order valence-corrected chi connectivity index (χ4v) is 4.96. The van der Waals surface area contributed by atoms with Crippen molar-refractivity contribution in [3.8, 4) is 0 Å². The molecular formula is C21H35N5O. The normalized spacial score (nSPS) is 27.1. The van der Waals surface area contributed by atoms with Gasteiger partial charge < -0.3 is 20.3 Å². The smallest absolute Gasteiger partial charge is 0.0843 e. The molecule has 27 heavy (non-hydrogen) atoms. The molecule has 150 valence electrons. The maximum absolute atomic E-state index is 6.45. The number of fused-ring (bicyclic) bond motifs is 1. The molecule has 4 rings (SSSR count). The van der Waals surface area contributed by atoms with Crippen LogP contribution in [0.4, 0.5) is 11.4 Å². The summed E-state index contributed by atoms with van der Waals surface area (Å²) in [7, 11) is 0. The van der Waals surface area contributed by atoms with E-state index in [0.717, 1.165) is 32.9 Å². The molecule has 0 unspecified atom stereocenters. The molecule has 0 aromatic heterocycles. The summed E-state index contributed by atoms with van der Waals surface area (Å²) < 4.78 is 5.59. The minimum atomic E-state index is 0.108. The van der Waals surface area contributed by atoms with Gasteiger partial charge in [0, 0.05) is 49.7 Å². The molecule has 1 aliphatic carbocycles. The van der Waals surface area contributed by atoms with Crippen molar-refractivity contribution in [3.05, 3.63) is 23.3 Å². The zero-order valence-electron chi connectivity index (χ0n) is 17.0. The summed E-state index contributed by atoms with van der Waals surface area (Å²) in [5, 5.41) is 1.93. The van der Waals surface area contributed by atoms with Gasteiger partial charge in [-0.3, -0.25) is 5.84 Å². The number of hydrogen-bond acceptors (Lipinski definition) is 6. The topological polar surface area (TPSA) is 71.0 Å². The Labute approximate surface area is 163 Å². The van der Waals surface area contributed by atoms with Crippen molar-refractivity contribution in [1.82, 2.24) is 5.01 Å². The Bertz CT molecular complexity index is 677. The molecular weight excluding hydrogens is 338 g/mol. The van der Waals surface area contributed by atoms with Crippen LogP contribution in [0.25, 0.3) is 0 Å². The average Bonchev–Trinajstić information content (AvgIpc) is 3.41. The van der Waals surface area contributed by atoms with Crippen LogP contribution in [0.1, 0.15) is 37.8 Å². The van der Waals surface area contributed by atoms with Gasteiger partial charge in [-0.05, 0) is 55.7 Å². The maximum atomic E-state index is 6.45. The van der Waals surface area contributed by atoms with Crippen LogP contribution in [-0.2, 0) is 11.3 Å². The van der Waals surface area contributed by atoms with E-state index in [-0.39, 0.29) is 6.04 Å². The van der Waals surface area contributed by atoms with E-state index in [1.807, 2.05) is 11.9 Å². The van der Waals surface area contributed by atoms with E-state index in [0.29, 0.717) is 24.5 Å². The second kappa shape index (κ2) is 7.59. The summed E-state index contributed by atoms with van der Waals surface area (Å²) in [6.07, 6.45) is 2.57. The lowest BCUT2D eigenvalue weighted by atomic mass is 9.91. The fraction of sp³-hybridized carbons (Fsp3) is 0.714. The van der Waals surface area contributed by atoms with Gasteiger partial charge in [0.15, 0.2) is 0 Å². The van der Waals surface area contributed by atoms with Crippen LogP contribution in [0.5, 0.6) is 0 Å². The van der Waals surface area contributed by atoms with Crippen LogP contribution in [0.2, 0.25) is 0 Å². The van der Waals surface area contributed by atoms with Crippen molar-refractivity contribution < 1.29 is 4.74 Å². The van der Waals surface area contributed by atoms with E-state index >= 15 is 0 Å². The van der Waals surface area contributed by atoms with Gasteiger partial charge in [0.2, 0.25) is 0 Å². The Morgan fingerprint density at radius 3 is 2.74 bits per heavy atom. The number of nitrogens with zero attached hydrogens (tertiary/aromatic N) is 3. The molecule has 3 aliphatic rings. The summed E-state index contributed by atoms with van der Waals surface area (Å²) in [5.41, 5.74) is 12.0. The number of hydrazine groups is 1. The molecule has 2 aliphatic heterocycles. The first-order valence-corrected chi connectivity index (χ1v) is 10.5. The quantitative estimate of drug-likeness (QED) is 0.744. The zero-order valence-corrected chi connectivity index (χ0v) is 17.0. The lowest BCUT2D eigenvalue weighted by molar-refractivity contribution is 0.113. The Balaban J connectivity index is 1.57. The van der Waals surface area contributed by atoms with Gasteiger partial charge in [0.05, 0.1) is 13.3 Å². The number of nitrogens with two attached hydrogens (primary N) is 2. The highest BCUT2D eigenvalue weighted by Gasteiger charge is 2.38. The number of anilines is 2. The Hall–Kier alpha value is -1.34. The van der Waals surface area contributed by atoms with Crippen molar-refractivity contribution in [3.63, 3.8) is 0 Å². The van der Waals surface area contributed by atoms with Crippen molar-refractivity contribution >= 4 is 11.4 Å². The van der Waals surface area contributed by atoms with Crippen LogP contribution in [0.15, 0.2) is 12.1 Å². The van der Waals surface area contributed by atoms with Crippen LogP contribution in [0.3, 0.4) is 0 Å². The van der Waals surface area contributed by atoms with Gasteiger partial charge in [0.25, 0.3) is 0 Å². The van der Waals surface area contributed by atoms with Crippen LogP contribution < -0.4 is 21.4 Å². The third-order valence-corrected chi connectivity index (χ3v) is 6.54. The van der Waals surface area contributed by atoms with E-state index < -0.39 is 0 Å². The summed E-state index contributed by atoms with van der Waals surface area (Å²) in [5.74, 6) is 7.24. The van der Waals surface area contributed by atoms with Gasteiger partial charge in [-0.1, -0.05) is 13.0 Å². The zero-order chi connectivity index (χ0) is 19.1. The molecule has 2 heterocycles. The van der Waals surface area contributed by atoms with Crippen molar-refractivity contribution in [2.75, 3.05) is 42.8 Å². The summed E-state index contributed by atoms with van der Waals surface area (Å²) >= 11 is 0. The Kier molecular flexibility index (Phi) is 5.34. The molecule has 1 saturated carbocycles. The summed E-state index contributed by atoms with van der Waals surface area (Å²) in [4.78, 5) is 5.06. The first kappa shape index (κ1) is 19.0. The van der Waals surface area contributed by atoms with Gasteiger partial charge in [-0.25, -0.2) is 5.01 Å². The molecule has 6 heteroatoms. The van der Waals surface area contributed by atoms with Crippen molar-refractivity contribution in [2.24, 2.45) is 23.4 Å². The molecule has 0 amide bonds. The van der Waals surface area contributed by atoms with Gasteiger partial charge >= 0.3 is 0 Å². The molecule has 0 bridgehead atoms. The number of benzene rings is 1. The van der Waals surface area contributed by atoms with Gasteiger partial charge in [-0.15, -0.1) is 0 Å². The van der Waals surface area contributed by atoms with E-state index in [9.17, 15) is 0 Å². The highest BCUT2D eigenvalue weighted by Crippen LogP contribution is 2.42. The molecule has 0 radical (unpaired) electrons. The van der Waals surface area contributed by atoms with E-state index in [1.165, 1.54) is 35.3 Å². The highest BCUT2D eigenvalue weighted by molar-refractivity contribution is 5.72. The highest BCUT2D eigenvalue weighted by atomic mass is 16.5. The standard InChI is InChI=1S/C21H35N5O/c1-4-27-12-19(22)18-11-24(9-14(18)2)20-8-5-16-10-25(23)13-26(17-6-7-17)21(16)15(20)3/h5,8,14,17-19H,4,6-7,9-13,22-23H2,1-3H3/t14-,18+,19+/m1/s1. The first-order chi connectivity index (χ1) is 13.0. The number of hydrogen-bond donors (Lipinski definition) is 2. The van der Waals surface area contributed by atoms with Gasteiger partial charge in [-0.2, -0.15) is 0 Å². The molecule has 6 nitrogen and oxygen atoms in total. The minimum Gasteiger partial charge on any atom is -0.380 e. The van der Waals surface area contributed by atoms with E-state index in [4.69, 9.17) is 16.3 Å². The Morgan fingerprint density at radius 1 is 1.26 bits per heavy atom. The molecule has 1 aromatic rings. The average molecular weight is 374 g/mol. The van der Waals surface area contributed by atoms with E-state index in [2.05, 4.69) is 35.8 Å². The molecule has 0 spiro atoms. The third-order valence-electron chi connectivity index (χ3n) is 6.54. The predicted molar refractivity (Wildman–Crippen MR) is 111 cm³/mol. The van der Waals surface area contributed by atoms with Crippen LogP contribution in [0, 0.1) is 18.8 Å². The Morgan fingerprint density at radius 2 is 2.04 bits per heavy atom. The third kappa shape index (κ3) is 3.68. The SMILES string of the molecule is CCOC[C@H](N)[C@H]1CN(c2ccc3c(c2C)N(C2CC2)CN(N)C3)C[C@H]1C. The predicted octanol–water partition coefficient (Wildman–Crippen LogP) is 2.05. The summed E-state index contributed by atoms with van der Waals surface area (Å²) in [6, 6.07) is 5.34. The maximum Gasteiger partial charge on any atom is 0.0843 e. The molecule has 4 N–H and O–H groups in total. The second-order valence-electron chi connectivity index (χ2n) is 8.68. The lowest BCUT2D eigenvalue weighted by Crippen LogP contribution is -2.47. The van der Waals surface area contributed by atoms with Gasteiger partial charge in [0.1, 0.15) is 0 Å². The molecule has 3 atom stereocenters. The largest absolute Gasteiger partial charge is 0.380 e. The fourth-order valence-electron chi connectivity index (χ4n) is 4.96. The molecule has 1 saturated heterocycles. The van der Waals surface area contributed by atoms with Crippen LogP contribution in [-0.4, -0.2) is 50.1 Å². The van der Waals surface area contributed by atoms with Crippen molar-refractivity contribution in [2.45, 2.75) is 52.2 Å². The molecule has 2 fully saturated rings. The number of ether oxygens (including phenoxy) is 1. The van der Waals surface area contributed by atoms with Crippen molar-refractivity contribution in [1.29, 1.82) is 0 Å². The summed E-state index contributed by atoms with van der Waals surface area (Å²) in [6.45, 7) is 11.8. The lowest BCUT2D eigenvalue weighted by Gasteiger charge is -2.39.